The van der Waals surface area contributed by atoms with Crippen LogP contribution in [0.5, 0.6) is 5.75 Å². The molecule has 16 heavy (non-hydrogen) atoms. The monoisotopic (exact) mass is 217 g/mol. The van der Waals surface area contributed by atoms with Crippen LogP contribution < -0.4 is 16.2 Å². The number of rotatable bonds is 2. The molecule has 5 heteroatoms. The summed E-state index contributed by atoms with van der Waals surface area (Å²) in [4.78, 5) is 15.2. The molecule has 0 fully saturated rings. The van der Waals surface area contributed by atoms with Crippen LogP contribution in [0.2, 0.25) is 0 Å². The van der Waals surface area contributed by atoms with Gasteiger partial charge in [-0.25, -0.2) is 4.98 Å². The molecule has 0 radical (unpaired) electrons. The molecular formula is C11H11N3O2. The lowest BCUT2D eigenvalue weighted by Gasteiger charge is -2.07. The number of carbonyl (C=O) groups excluding carboxylic acids is 1. The van der Waals surface area contributed by atoms with Crippen molar-refractivity contribution < 1.29 is 9.53 Å². The fourth-order valence-electron chi connectivity index (χ4n) is 1.55. The van der Waals surface area contributed by atoms with Gasteiger partial charge in [-0.3, -0.25) is 4.79 Å². The standard InChI is InChI=1S/C11H11N3O2/c1-16-8-4-2-3-6-5-7(11(13)15)10(12)14-9(6)8/h2-5H,1H3,(H2,12,14)(H2,13,15). The molecule has 0 atom stereocenters. The molecule has 4 N–H and O–H groups in total. The maximum atomic E-state index is 11.1. The summed E-state index contributed by atoms with van der Waals surface area (Å²) in [6, 6.07) is 7.02. The molecule has 0 spiro atoms. The van der Waals surface area contributed by atoms with Gasteiger partial charge in [0.15, 0.2) is 0 Å². The molecular weight excluding hydrogens is 206 g/mol. The lowest BCUT2D eigenvalue weighted by molar-refractivity contribution is 0.100. The minimum Gasteiger partial charge on any atom is -0.494 e. The van der Waals surface area contributed by atoms with E-state index in [4.69, 9.17) is 16.2 Å². The Morgan fingerprint density at radius 2 is 2.19 bits per heavy atom. The predicted octanol–water partition coefficient (Wildman–Crippen LogP) is 0.924. The van der Waals surface area contributed by atoms with E-state index >= 15 is 0 Å². The number of nitrogen functional groups attached to an aromatic ring is 1. The number of hydrogen-bond acceptors (Lipinski definition) is 4. The molecule has 0 saturated carbocycles. The second kappa shape index (κ2) is 3.69. The average molecular weight is 217 g/mol. The van der Waals surface area contributed by atoms with Gasteiger partial charge in [-0.05, 0) is 12.1 Å². The molecule has 1 amide bonds. The number of pyridine rings is 1. The van der Waals surface area contributed by atoms with E-state index in [0.717, 1.165) is 5.39 Å². The number of anilines is 1. The summed E-state index contributed by atoms with van der Waals surface area (Å²) in [5.74, 6) is 0.138. The maximum absolute atomic E-state index is 11.1. The first-order chi connectivity index (χ1) is 7.63. The number of fused-ring (bicyclic) bond motifs is 1. The number of para-hydroxylation sites is 1. The van der Waals surface area contributed by atoms with Gasteiger partial charge in [0.05, 0.1) is 12.7 Å². The summed E-state index contributed by atoms with van der Waals surface area (Å²) >= 11 is 0. The van der Waals surface area contributed by atoms with Crippen LogP contribution >= 0.6 is 0 Å². The number of benzene rings is 1. The zero-order valence-electron chi connectivity index (χ0n) is 8.73. The molecule has 0 aliphatic carbocycles. The Hall–Kier alpha value is -2.30. The third-order valence-corrected chi connectivity index (χ3v) is 2.32. The number of nitrogens with zero attached hydrogens (tertiary/aromatic N) is 1. The SMILES string of the molecule is COc1cccc2cc(C(N)=O)c(N)nc12. The summed E-state index contributed by atoms with van der Waals surface area (Å²) in [6.45, 7) is 0. The van der Waals surface area contributed by atoms with Crippen LogP contribution in [0, 0.1) is 0 Å². The predicted molar refractivity (Wildman–Crippen MR) is 61.2 cm³/mol. The van der Waals surface area contributed by atoms with Gasteiger partial charge in [0.25, 0.3) is 5.91 Å². The second-order valence-electron chi connectivity index (χ2n) is 3.32. The number of amides is 1. The number of ether oxygens (including phenoxy) is 1. The highest BCUT2D eigenvalue weighted by Gasteiger charge is 2.11. The lowest BCUT2D eigenvalue weighted by atomic mass is 10.1. The zero-order chi connectivity index (χ0) is 11.7. The van der Waals surface area contributed by atoms with Gasteiger partial charge < -0.3 is 16.2 Å². The summed E-state index contributed by atoms with van der Waals surface area (Å²) < 4.78 is 5.15. The van der Waals surface area contributed by atoms with Crippen LogP contribution in [-0.4, -0.2) is 18.0 Å². The van der Waals surface area contributed by atoms with E-state index in [-0.39, 0.29) is 11.4 Å². The Balaban J connectivity index is 2.78. The van der Waals surface area contributed by atoms with Crippen molar-refractivity contribution in [1.29, 1.82) is 0 Å². The minimum atomic E-state index is -0.588. The van der Waals surface area contributed by atoms with Gasteiger partial charge in [0.1, 0.15) is 17.1 Å². The summed E-state index contributed by atoms with van der Waals surface area (Å²) in [6.07, 6.45) is 0. The van der Waals surface area contributed by atoms with Crippen LogP contribution in [0.25, 0.3) is 10.9 Å². The molecule has 0 unspecified atom stereocenters. The van der Waals surface area contributed by atoms with Crippen molar-refractivity contribution in [2.75, 3.05) is 12.8 Å². The van der Waals surface area contributed by atoms with E-state index in [1.807, 2.05) is 12.1 Å². The molecule has 5 nitrogen and oxygen atoms in total. The second-order valence-corrected chi connectivity index (χ2v) is 3.32. The fourth-order valence-corrected chi connectivity index (χ4v) is 1.55. The van der Waals surface area contributed by atoms with Gasteiger partial charge >= 0.3 is 0 Å². The number of primary amides is 1. The number of aromatic nitrogens is 1. The number of methoxy groups -OCH3 is 1. The fraction of sp³-hybridized carbons (Fsp3) is 0.0909. The summed E-state index contributed by atoms with van der Waals surface area (Å²) in [5.41, 5.74) is 11.7. The van der Waals surface area contributed by atoms with E-state index in [0.29, 0.717) is 11.3 Å². The van der Waals surface area contributed by atoms with Crippen molar-refractivity contribution >= 4 is 22.6 Å². The molecule has 0 aliphatic rings. The highest BCUT2D eigenvalue weighted by atomic mass is 16.5. The molecule has 82 valence electrons. The van der Waals surface area contributed by atoms with E-state index in [2.05, 4.69) is 4.98 Å². The molecule has 0 aliphatic heterocycles. The van der Waals surface area contributed by atoms with Gasteiger partial charge in [0.2, 0.25) is 0 Å². The molecule has 1 aromatic carbocycles. The topological polar surface area (TPSA) is 91.2 Å². The minimum absolute atomic E-state index is 0.115. The first-order valence-corrected chi connectivity index (χ1v) is 4.66. The smallest absolute Gasteiger partial charge is 0.252 e. The maximum Gasteiger partial charge on any atom is 0.252 e. The van der Waals surface area contributed by atoms with Gasteiger partial charge in [-0.1, -0.05) is 12.1 Å². The molecule has 2 rings (SSSR count). The molecule has 0 saturated heterocycles. The lowest BCUT2D eigenvalue weighted by Crippen LogP contribution is -2.14. The summed E-state index contributed by atoms with van der Waals surface area (Å²) in [7, 11) is 1.55. The van der Waals surface area contributed by atoms with Gasteiger partial charge in [0, 0.05) is 5.39 Å². The Bertz CT molecular complexity index is 566. The number of nitrogens with two attached hydrogens (primary N) is 2. The molecule has 0 bridgehead atoms. The van der Waals surface area contributed by atoms with Crippen molar-refractivity contribution in [3.05, 3.63) is 29.8 Å². The van der Waals surface area contributed by atoms with Crippen LogP contribution in [0.15, 0.2) is 24.3 Å². The highest BCUT2D eigenvalue weighted by molar-refractivity contribution is 6.01. The third-order valence-electron chi connectivity index (χ3n) is 2.32. The number of hydrogen-bond donors (Lipinski definition) is 2. The summed E-state index contributed by atoms with van der Waals surface area (Å²) in [5, 5.41) is 0.766. The van der Waals surface area contributed by atoms with Crippen molar-refractivity contribution in [2.24, 2.45) is 5.73 Å². The number of carbonyl (C=O) groups is 1. The quantitative estimate of drug-likeness (QED) is 0.782. The average Bonchev–Trinajstić information content (AvgIpc) is 2.27. The Labute approximate surface area is 92.0 Å². The van der Waals surface area contributed by atoms with Crippen molar-refractivity contribution in [1.82, 2.24) is 4.98 Å². The zero-order valence-corrected chi connectivity index (χ0v) is 8.73. The van der Waals surface area contributed by atoms with Crippen molar-refractivity contribution in [3.63, 3.8) is 0 Å². The largest absolute Gasteiger partial charge is 0.494 e. The van der Waals surface area contributed by atoms with Crippen LogP contribution in [-0.2, 0) is 0 Å². The Kier molecular flexibility index (Phi) is 2.36. The van der Waals surface area contributed by atoms with Crippen molar-refractivity contribution in [3.8, 4) is 5.75 Å². The molecule has 1 heterocycles. The van der Waals surface area contributed by atoms with E-state index in [9.17, 15) is 4.79 Å². The molecule has 2 aromatic rings. The third kappa shape index (κ3) is 1.52. The normalized spacial score (nSPS) is 10.3. The van der Waals surface area contributed by atoms with E-state index in [1.165, 1.54) is 0 Å². The first-order valence-electron chi connectivity index (χ1n) is 4.66. The Morgan fingerprint density at radius 3 is 2.81 bits per heavy atom. The van der Waals surface area contributed by atoms with E-state index < -0.39 is 5.91 Å². The Morgan fingerprint density at radius 1 is 1.44 bits per heavy atom. The first kappa shape index (κ1) is 10.2. The van der Waals surface area contributed by atoms with Gasteiger partial charge in [-0.15, -0.1) is 0 Å². The van der Waals surface area contributed by atoms with E-state index in [1.54, 1.807) is 19.2 Å². The van der Waals surface area contributed by atoms with Crippen LogP contribution in [0.4, 0.5) is 5.82 Å². The van der Waals surface area contributed by atoms with Gasteiger partial charge in [-0.2, -0.15) is 0 Å². The van der Waals surface area contributed by atoms with Crippen molar-refractivity contribution in [2.45, 2.75) is 0 Å². The van der Waals surface area contributed by atoms with Crippen LogP contribution in [0.3, 0.4) is 0 Å². The highest BCUT2D eigenvalue weighted by Crippen LogP contribution is 2.26. The molecule has 1 aromatic heterocycles. The van der Waals surface area contributed by atoms with Crippen LogP contribution in [0.1, 0.15) is 10.4 Å².